The van der Waals surface area contributed by atoms with E-state index >= 15 is 0 Å². The van der Waals surface area contributed by atoms with Crippen molar-refractivity contribution in [3.8, 4) is 0 Å². The van der Waals surface area contributed by atoms with Gasteiger partial charge in [-0.05, 0) is 57.8 Å². The Morgan fingerprint density at radius 2 is 0.797 bits per heavy atom. The molecule has 0 aromatic rings. The summed E-state index contributed by atoms with van der Waals surface area (Å²) in [4.78, 5) is 26.2. The molecule has 64 heavy (non-hydrogen) atoms. The van der Waals surface area contributed by atoms with Gasteiger partial charge in [-0.3, -0.25) is 9.59 Å². The van der Waals surface area contributed by atoms with E-state index in [4.69, 9.17) is 4.74 Å². The van der Waals surface area contributed by atoms with Crippen molar-refractivity contribution in [1.82, 2.24) is 5.32 Å². The van der Waals surface area contributed by atoms with E-state index in [1.54, 1.807) is 0 Å². The first-order valence-corrected chi connectivity index (χ1v) is 28.6. The molecule has 0 aromatic carbocycles. The molecule has 3 N–H and O–H groups in total. The monoisotopic (exact) mass is 902 g/mol. The van der Waals surface area contributed by atoms with Crippen LogP contribution < -0.4 is 5.32 Å². The van der Waals surface area contributed by atoms with Crippen molar-refractivity contribution in [3.63, 3.8) is 0 Å². The lowest BCUT2D eigenvalue weighted by Crippen LogP contribution is -2.46. The molecule has 6 nitrogen and oxygen atoms in total. The van der Waals surface area contributed by atoms with Gasteiger partial charge >= 0.3 is 5.97 Å². The van der Waals surface area contributed by atoms with Crippen LogP contribution in [0, 0.1) is 0 Å². The zero-order valence-corrected chi connectivity index (χ0v) is 43.2. The minimum Gasteiger partial charge on any atom is -0.462 e. The zero-order chi connectivity index (χ0) is 46.7. The van der Waals surface area contributed by atoms with Crippen molar-refractivity contribution in [2.75, 3.05) is 6.61 Å². The fourth-order valence-corrected chi connectivity index (χ4v) is 8.93. The van der Waals surface area contributed by atoms with Crippen LogP contribution in [0.15, 0.2) is 24.3 Å². The molecule has 1 amide bonds. The number of aliphatic hydroxyl groups is 2. The molecule has 0 heterocycles. The zero-order valence-electron chi connectivity index (χ0n) is 43.2. The quantitative estimate of drug-likeness (QED) is 0.0321. The molecule has 0 aliphatic heterocycles. The molecule has 0 aliphatic carbocycles. The number of rotatable bonds is 52. The maximum absolute atomic E-state index is 13.2. The fourth-order valence-electron chi connectivity index (χ4n) is 8.93. The molecule has 0 fully saturated rings. The third-order valence-electron chi connectivity index (χ3n) is 13.3. The Morgan fingerprint density at radius 3 is 1.22 bits per heavy atom. The number of carbonyl (C=O) groups is 2. The van der Waals surface area contributed by atoms with E-state index in [0.717, 1.165) is 51.4 Å². The summed E-state index contributed by atoms with van der Waals surface area (Å²) in [6, 6.07) is -0.697. The number of aliphatic hydroxyl groups excluding tert-OH is 2. The van der Waals surface area contributed by atoms with Crippen LogP contribution in [0.5, 0.6) is 0 Å². The van der Waals surface area contributed by atoms with Crippen LogP contribution in [0.3, 0.4) is 0 Å². The average Bonchev–Trinajstić information content (AvgIpc) is 3.29. The van der Waals surface area contributed by atoms with E-state index in [0.29, 0.717) is 19.3 Å². The molecule has 0 radical (unpaired) electrons. The third-order valence-corrected chi connectivity index (χ3v) is 13.3. The highest BCUT2D eigenvalue weighted by Crippen LogP contribution is 2.19. The lowest BCUT2D eigenvalue weighted by atomic mass is 10.0. The van der Waals surface area contributed by atoms with Gasteiger partial charge in [0.25, 0.3) is 0 Å². The van der Waals surface area contributed by atoms with Crippen LogP contribution in [-0.2, 0) is 14.3 Å². The smallest absolute Gasteiger partial charge is 0.306 e. The molecular weight excluding hydrogens is 791 g/mol. The second-order valence-electron chi connectivity index (χ2n) is 19.7. The summed E-state index contributed by atoms with van der Waals surface area (Å²) in [5.41, 5.74) is 0. The SMILES string of the molecule is CCCCC/C=C\C/C=C\CCCCCCCCCCCC(=O)OC(CCCCCCCCCCCCCCCCC)CC(=O)NC(CO)C(O)CCCCCCCCCCCCC. The van der Waals surface area contributed by atoms with E-state index in [9.17, 15) is 19.8 Å². The van der Waals surface area contributed by atoms with Crippen LogP contribution >= 0.6 is 0 Å². The molecule has 0 bridgehead atoms. The van der Waals surface area contributed by atoms with Gasteiger partial charge in [-0.25, -0.2) is 0 Å². The molecule has 0 saturated heterocycles. The Balaban J connectivity index is 4.50. The van der Waals surface area contributed by atoms with Gasteiger partial charge in [0, 0.05) is 6.42 Å². The molecular formula is C58H111NO5. The Morgan fingerprint density at radius 1 is 0.453 bits per heavy atom. The number of ether oxygens (including phenoxy) is 1. The van der Waals surface area contributed by atoms with E-state index < -0.39 is 18.2 Å². The molecule has 0 aromatic heterocycles. The maximum Gasteiger partial charge on any atom is 0.306 e. The molecule has 0 spiro atoms. The summed E-state index contributed by atoms with van der Waals surface area (Å²) in [6.45, 7) is 6.49. The number of carbonyl (C=O) groups excluding carboxylic acids is 2. The fraction of sp³-hybridized carbons (Fsp3) is 0.897. The number of hydrogen-bond acceptors (Lipinski definition) is 5. The van der Waals surface area contributed by atoms with Crippen LogP contribution in [0.1, 0.15) is 310 Å². The van der Waals surface area contributed by atoms with Gasteiger partial charge in [0.1, 0.15) is 6.10 Å². The predicted octanol–water partition coefficient (Wildman–Crippen LogP) is 17.5. The minimum absolute atomic E-state index is 0.0822. The predicted molar refractivity (Wildman–Crippen MR) is 278 cm³/mol. The standard InChI is InChI=1S/C58H111NO5/c1-4-7-10-13-16-19-22-24-26-27-28-29-31-33-36-39-42-45-48-51-58(63)64-54(49-46-43-40-37-35-32-30-25-23-20-17-14-11-8-5-2)52-57(62)59-55(53-60)56(61)50-47-44-41-38-34-21-18-15-12-9-6-3/h16,19,24,26,54-56,60-61H,4-15,17-18,20-23,25,27-53H2,1-3H3,(H,59,62)/b19-16-,26-24-. The van der Waals surface area contributed by atoms with Gasteiger partial charge in [0.2, 0.25) is 5.91 Å². The second kappa shape index (κ2) is 52.3. The molecule has 0 aliphatic rings. The van der Waals surface area contributed by atoms with Crippen molar-refractivity contribution in [2.45, 2.75) is 328 Å². The van der Waals surface area contributed by atoms with Crippen LogP contribution in [0.2, 0.25) is 0 Å². The van der Waals surface area contributed by atoms with Crippen molar-refractivity contribution in [2.24, 2.45) is 0 Å². The van der Waals surface area contributed by atoms with Crippen molar-refractivity contribution in [3.05, 3.63) is 24.3 Å². The summed E-state index contributed by atoms with van der Waals surface area (Å²) in [6.07, 6.45) is 61.0. The number of amides is 1. The molecule has 3 atom stereocenters. The van der Waals surface area contributed by atoms with Gasteiger partial charge in [-0.2, -0.15) is 0 Å². The molecule has 3 unspecified atom stereocenters. The summed E-state index contributed by atoms with van der Waals surface area (Å²) in [7, 11) is 0. The molecule has 0 rings (SSSR count). The molecule has 378 valence electrons. The van der Waals surface area contributed by atoms with Gasteiger partial charge in [0.15, 0.2) is 0 Å². The van der Waals surface area contributed by atoms with E-state index in [-0.39, 0.29) is 24.9 Å². The topological polar surface area (TPSA) is 95.9 Å². The van der Waals surface area contributed by atoms with Crippen LogP contribution in [-0.4, -0.2) is 46.9 Å². The lowest BCUT2D eigenvalue weighted by Gasteiger charge is -2.24. The number of allylic oxidation sites excluding steroid dienone is 4. The maximum atomic E-state index is 13.2. The highest BCUT2D eigenvalue weighted by Gasteiger charge is 2.24. The molecule has 6 heteroatoms. The Bertz CT molecular complexity index is 1010. The third kappa shape index (κ3) is 46.9. The first-order chi connectivity index (χ1) is 31.5. The van der Waals surface area contributed by atoms with Gasteiger partial charge in [-0.15, -0.1) is 0 Å². The van der Waals surface area contributed by atoms with Crippen LogP contribution in [0.25, 0.3) is 0 Å². The number of nitrogens with one attached hydrogen (secondary N) is 1. The summed E-state index contributed by atoms with van der Waals surface area (Å²) in [5, 5.41) is 23.8. The summed E-state index contributed by atoms with van der Waals surface area (Å²) < 4.78 is 5.96. The minimum atomic E-state index is -0.783. The highest BCUT2D eigenvalue weighted by molar-refractivity contribution is 5.77. The Hall–Kier alpha value is -1.66. The van der Waals surface area contributed by atoms with Crippen molar-refractivity contribution < 1.29 is 24.5 Å². The summed E-state index contributed by atoms with van der Waals surface area (Å²) in [5.74, 6) is -0.459. The average molecular weight is 903 g/mol. The van der Waals surface area contributed by atoms with E-state index in [1.165, 1.54) is 212 Å². The molecule has 0 saturated carbocycles. The van der Waals surface area contributed by atoms with Gasteiger partial charge in [-0.1, -0.05) is 263 Å². The first kappa shape index (κ1) is 62.3. The van der Waals surface area contributed by atoms with Crippen molar-refractivity contribution >= 4 is 11.9 Å². The Labute approximate surface area is 399 Å². The number of esters is 1. The summed E-state index contributed by atoms with van der Waals surface area (Å²) >= 11 is 0. The van der Waals surface area contributed by atoms with Gasteiger partial charge < -0.3 is 20.3 Å². The van der Waals surface area contributed by atoms with E-state index in [2.05, 4.69) is 50.4 Å². The Kier molecular flexibility index (Phi) is 51.0. The number of hydrogen-bond donors (Lipinski definition) is 3. The number of unbranched alkanes of at least 4 members (excludes halogenated alkanes) is 36. The van der Waals surface area contributed by atoms with E-state index in [1.807, 2.05) is 0 Å². The first-order valence-electron chi connectivity index (χ1n) is 28.6. The highest BCUT2D eigenvalue weighted by atomic mass is 16.5. The van der Waals surface area contributed by atoms with Crippen molar-refractivity contribution in [1.29, 1.82) is 0 Å². The lowest BCUT2D eigenvalue weighted by molar-refractivity contribution is -0.151. The second-order valence-corrected chi connectivity index (χ2v) is 19.7. The van der Waals surface area contributed by atoms with Crippen LogP contribution in [0.4, 0.5) is 0 Å². The van der Waals surface area contributed by atoms with Gasteiger partial charge in [0.05, 0.1) is 25.2 Å². The normalized spacial score (nSPS) is 13.3. The largest absolute Gasteiger partial charge is 0.462 e.